The van der Waals surface area contributed by atoms with Gasteiger partial charge < -0.3 is 15.5 Å². The topological polar surface area (TPSA) is 81.5 Å². The van der Waals surface area contributed by atoms with Crippen LogP contribution >= 0.6 is 11.6 Å². The second kappa shape index (κ2) is 7.23. The number of aliphatic imine (C=N–C) groups is 3. The van der Waals surface area contributed by atoms with E-state index in [9.17, 15) is 4.79 Å². The number of allylic oxidation sites excluding steroid dienone is 1. The van der Waals surface area contributed by atoms with Gasteiger partial charge in [-0.1, -0.05) is 11.6 Å². The molecule has 4 rings (SSSR count). The monoisotopic (exact) mass is 374 g/mol. The van der Waals surface area contributed by atoms with E-state index in [4.69, 9.17) is 16.6 Å². The molecule has 0 spiro atoms. The number of hydrogen-bond acceptors (Lipinski definition) is 6. The standard InChI is InChI=1S/C18H23ClN6O/c1-2-20-18(26)14-4-3-7-25(14)15-5-6-21-17(24-15)13-10-23-16-12(13)8-11(19)9-22-16/h9-10,12,14H,2-8H2,1H3,(H,20,26)(H,22,23)/t12?,14-/m1/s1. The summed E-state index contributed by atoms with van der Waals surface area (Å²) >= 11 is 6.17. The van der Waals surface area contributed by atoms with E-state index >= 15 is 0 Å². The van der Waals surface area contributed by atoms with E-state index in [1.807, 2.05) is 13.1 Å². The number of hydrogen-bond donors (Lipinski definition) is 2. The van der Waals surface area contributed by atoms with Gasteiger partial charge in [0.05, 0.1) is 5.92 Å². The number of amidine groups is 3. The second-order valence-electron chi connectivity index (χ2n) is 6.82. The molecule has 0 aromatic carbocycles. The maximum atomic E-state index is 12.4. The van der Waals surface area contributed by atoms with Gasteiger partial charge in [0.15, 0.2) is 5.84 Å². The molecule has 138 valence electrons. The first-order valence-electron chi connectivity index (χ1n) is 9.23. The van der Waals surface area contributed by atoms with E-state index in [0.29, 0.717) is 19.5 Å². The Bertz CT molecular complexity index is 766. The summed E-state index contributed by atoms with van der Waals surface area (Å²) < 4.78 is 0. The third-order valence-corrected chi connectivity index (χ3v) is 5.40. The smallest absolute Gasteiger partial charge is 0.242 e. The van der Waals surface area contributed by atoms with Crippen LogP contribution in [-0.2, 0) is 4.79 Å². The predicted molar refractivity (Wildman–Crippen MR) is 103 cm³/mol. The molecule has 4 aliphatic rings. The lowest BCUT2D eigenvalue weighted by Gasteiger charge is -2.29. The fraction of sp³-hybridized carbons (Fsp3) is 0.556. The van der Waals surface area contributed by atoms with Gasteiger partial charge in [0.25, 0.3) is 0 Å². The maximum Gasteiger partial charge on any atom is 0.242 e. The van der Waals surface area contributed by atoms with Crippen molar-refractivity contribution in [2.75, 3.05) is 19.6 Å². The predicted octanol–water partition coefficient (Wildman–Crippen LogP) is 1.77. The van der Waals surface area contributed by atoms with Crippen LogP contribution in [0, 0.1) is 5.92 Å². The second-order valence-corrected chi connectivity index (χ2v) is 7.31. The lowest BCUT2D eigenvalue weighted by Crippen LogP contribution is -2.46. The highest BCUT2D eigenvalue weighted by Gasteiger charge is 2.36. The van der Waals surface area contributed by atoms with Crippen molar-refractivity contribution >= 4 is 35.0 Å². The average molecular weight is 375 g/mol. The minimum Gasteiger partial charge on any atom is -0.355 e. The Kier molecular flexibility index (Phi) is 4.80. The quantitative estimate of drug-likeness (QED) is 0.790. The molecule has 4 heterocycles. The Labute approximate surface area is 158 Å². The molecular formula is C18H23ClN6O. The molecule has 1 unspecified atom stereocenters. The van der Waals surface area contributed by atoms with E-state index < -0.39 is 0 Å². The molecule has 2 N–H and O–H groups in total. The molecule has 0 aromatic heterocycles. The zero-order valence-electron chi connectivity index (χ0n) is 14.8. The van der Waals surface area contributed by atoms with Crippen molar-refractivity contribution in [2.24, 2.45) is 20.9 Å². The molecular weight excluding hydrogens is 352 g/mol. The number of nitrogens with zero attached hydrogens (tertiary/aromatic N) is 4. The number of carbonyl (C=O) groups is 1. The Balaban J connectivity index is 1.54. The molecule has 7 nitrogen and oxygen atoms in total. The lowest BCUT2D eigenvalue weighted by atomic mass is 9.95. The molecule has 1 saturated heterocycles. The van der Waals surface area contributed by atoms with Crippen LogP contribution in [0.25, 0.3) is 0 Å². The van der Waals surface area contributed by atoms with E-state index in [1.54, 1.807) is 6.20 Å². The van der Waals surface area contributed by atoms with E-state index in [-0.39, 0.29) is 17.9 Å². The molecule has 4 aliphatic heterocycles. The van der Waals surface area contributed by atoms with Crippen molar-refractivity contribution in [1.82, 2.24) is 15.5 Å². The average Bonchev–Trinajstić information content (AvgIpc) is 3.29. The van der Waals surface area contributed by atoms with Crippen LogP contribution in [0.2, 0.25) is 0 Å². The summed E-state index contributed by atoms with van der Waals surface area (Å²) in [5.74, 6) is 2.79. The highest BCUT2D eigenvalue weighted by atomic mass is 35.5. The molecule has 1 amide bonds. The molecule has 8 heteroatoms. The van der Waals surface area contributed by atoms with E-state index in [0.717, 1.165) is 53.9 Å². The van der Waals surface area contributed by atoms with Gasteiger partial charge in [0, 0.05) is 49.1 Å². The fourth-order valence-corrected chi connectivity index (χ4v) is 4.12. The van der Waals surface area contributed by atoms with Crippen molar-refractivity contribution in [3.05, 3.63) is 23.0 Å². The maximum absolute atomic E-state index is 12.4. The number of likely N-dealkylation sites (N-methyl/N-ethyl adjacent to an activating group) is 1. The minimum atomic E-state index is -0.118. The van der Waals surface area contributed by atoms with E-state index in [1.165, 1.54) is 0 Å². The van der Waals surface area contributed by atoms with Crippen molar-refractivity contribution in [2.45, 2.75) is 38.6 Å². The third-order valence-electron chi connectivity index (χ3n) is 5.15. The van der Waals surface area contributed by atoms with Crippen molar-refractivity contribution in [3.8, 4) is 0 Å². The molecule has 0 bridgehead atoms. The summed E-state index contributed by atoms with van der Waals surface area (Å²) in [6.07, 6.45) is 7.00. The highest BCUT2D eigenvalue weighted by molar-refractivity contribution is 6.30. The Hall–Kier alpha value is -2.15. The number of nitrogens with one attached hydrogen (secondary N) is 2. The summed E-state index contributed by atoms with van der Waals surface area (Å²) in [7, 11) is 0. The third kappa shape index (κ3) is 3.16. The first-order valence-corrected chi connectivity index (χ1v) is 9.60. The Morgan fingerprint density at radius 3 is 3.23 bits per heavy atom. The van der Waals surface area contributed by atoms with Gasteiger partial charge in [0.2, 0.25) is 5.91 Å². The van der Waals surface area contributed by atoms with Crippen molar-refractivity contribution in [3.63, 3.8) is 0 Å². The number of amides is 1. The summed E-state index contributed by atoms with van der Waals surface area (Å²) in [5.41, 5.74) is 1.03. The fourth-order valence-electron chi connectivity index (χ4n) is 3.92. The Morgan fingerprint density at radius 1 is 1.50 bits per heavy atom. The van der Waals surface area contributed by atoms with Crippen molar-refractivity contribution < 1.29 is 4.79 Å². The van der Waals surface area contributed by atoms with Gasteiger partial charge in [-0.2, -0.15) is 0 Å². The molecule has 0 radical (unpaired) electrons. The van der Waals surface area contributed by atoms with E-state index in [2.05, 4.69) is 25.5 Å². The van der Waals surface area contributed by atoms with Crippen LogP contribution in [0.4, 0.5) is 0 Å². The van der Waals surface area contributed by atoms with Crippen LogP contribution in [0.15, 0.2) is 38.0 Å². The number of halogens is 1. The molecule has 0 aliphatic carbocycles. The normalized spacial score (nSPS) is 27.6. The van der Waals surface area contributed by atoms with Crippen LogP contribution < -0.4 is 10.6 Å². The zero-order valence-corrected chi connectivity index (χ0v) is 15.6. The van der Waals surface area contributed by atoms with Crippen molar-refractivity contribution in [1.29, 1.82) is 0 Å². The lowest BCUT2D eigenvalue weighted by molar-refractivity contribution is -0.124. The summed E-state index contributed by atoms with van der Waals surface area (Å²) in [6, 6.07) is -0.118. The highest BCUT2D eigenvalue weighted by Crippen LogP contribution is 2.32. The number of carbonyl (C=O) groups excluding carboxylic acids is 1. The number of likely N-dealkylation sites (tertiary alicyclic amines) is 1. The number of fused-ring (bicyclic) bond motifs is 1. The zero-order chi connectivity index (χ0) is 18.1. The SMILES string of the molecule is CCNC(=O)[C@H]1CCCN1C1=NC(C2=CNC3=NC=C(Cl)CC23)=NCC1. The largest absolute Gasteiger partial charge is 0.355 e. The number of rotatable bonds is 3. The van der Waals surface area contributed by atoms with Gasteiger partial charge in [-0.05, 0) is 26.2 Å². The van der Waals surface area contributed by atoms with Crippen LogP contribution in [0.3, 0.4) is 0 Å². The molecule has 1 fully saturated rings. The van der Waals surface area contributed by atoms with Crippen LogP contribution in [0.5, 0.6) is 0 Å². The first-order chi connectivity index (χ1) is 12.7. The minimum absolute atomic E-state index is 0.0899. The summed E-state index contributed by atoms with van der Waals surface area (Å²) in [5, 5.41) is 6.89. The first kappa shape index (κ1) is 17.3. The molecule has 2 atom stereocenters. The van der Waals surface area contributed by atoms with Gasteiger partial charge in [-0.3, -0.25) is 9.79 Å². The van der Waals surface area contributed by atoms with Crippen LogP contribution in [-0.4, -0.2) is 54.0 Å². The molecule has 26 heavy (non-hydrogen) atoms. The molecule has 0 saturated carbocycles. The summed E-state index contributed by atoms with van der Waals surface area (Å²) in [4.78, 5) is 28.4. The Morgan fingerprint density at radius 2 is 2.38 bits per heavy atom. The van der Waals surface area contributed by atoms with Gasteiger partial charge in [-0.25, -0.2) is 9.98 Å². The van der Waals surface area contributed by atoms with Crippen LogP contribution in [0.1, 0.15) is 32.6 Å². The molecule has 0 aromatic rings. The summed E-state index contributed by atoms with van der Waals surface area (Å²) in [6.45, 7) is 4.16. The van der Waals surface area contributed by atoms with Gasteiger partial charge in [-0.15, -0.1) is 0 Å². The van der Waals surface area contributed by atoms with Gasteiger partial charge >= 0.3 is 0 Å². The van der Waals surface area contributed by atoms with Gasteiger partial charge in [0.1, 0.15) is 17.7 Å².